The SMILES string of the molecule is [I-].[Na+].c1ccc(CN2CCOCCOCCN(Cc3ccccn3)CCOCCOCC2)nc1. The van der Waals surface area contributed by atoms with Crippen LogP contribution in [0, 0.1) is 0 Å². The molecule has 184 valence electrons. The Kier molecular flexibility index (Phi) is 19.6. The van der Waals surface area contributed by atoms with E-state index < -0.39 is 0 Å². The summed E-state index contributed by atoms with van der Waals surface area (Å²) in [6.07, 6.45) is 3.66. The molecule has 0 amide bonds. The van der Waals surface area contributed by atoms with Crippen LogP contribution in [0.1, 0.15) is 11.4 Å². The van der Waals surface area contributed by atoms with Gasteiger partial charge in [-0.25, -0.2) is 0 Å². The Morgan fingerprint density at radius 2 is 0.912 bits per heavy atom. The quantitative estimate of drug-likeness (QED) is 0.262. The Hall–Kier alpha value is -0.210. The molecular weight excluding hydrogens is 558 g/mol. The zero-order chi connectivity index (χ0) is 22.1. The number of ether oxygens (including phenoxy) is 4. The van der Waals surface area contributed by atoms with Crippen LogP contribution in [0.3, 0.4) is 0 Å². The largest absolute Gasteiger partial charge is 1.00 e. The van der Waals surface area contributed by atoms with Gasteiger partial charge in [-0.2, -0.15) is 0 Å². The van der Waals surface area contributed by atoms with Crippen LogP contribution in [0.4, 0.5) is 0 Å². The normalized spacial score (nSPS) is 18.6. The average molecular weight is 594 g/mol. The summed E-state index contributed by atoms with van der Waals surface area (Å²) in [7, 11) is 0. The minimum Gasteiger partial charge on any atom is -1.00 e. The van der Waals surface area contributed by atoms with Crippen LogP contribution in [0.5, 0.6) is 0 Å². The van der Waals surface area contributed by atoms with Gasteiger partial charge in [-0.05, 0) is 24.3 Å². The molecule has 0 atom stereocenters. The summed E-state index contributed by atoms with van der Waals surface area (Å²) in [5.41, 5.74) is 2.10. The van der Waals surface area contributed by atoms with Gasteiger partial charge in [0.25, 0.3) is 0 Å². The summed E-state index contributed by atoms with van der Waals surface area (Å²) < 4.78 is 23.2. The molecule has 34 heavy (non-hydrogen) atoms. The number of aromatic nitrogens is 2. The summed E-state index contributed by atoms with van der Waals surface area (Å²) in [6.45, 7) is 9.89. The Morgan fingerprint density at radius 1 is 0.559 bits per heavy atom. The minimum atomic E-state index is 0. The van der Waals surface area contributed by atoms with Gasteiger partial charge in [-0.3, -0.25) is 19.8 Å². The van der Waals surface area contributed by atoms with Gasteiger partial charge in [0.2, 0.25) is 0 Å². The molecule has 1 saturated heterocycles. The van der Waals surface area contributed by atoms with Gasteiger partial charge in [0, 0.05) is 51.7 Å². The zero-order valence-electron chi connectivity index (χ0n) is 20.3. The molecule has 3 rings (SSSR count). The van der Waals surface area contributed by atoms with Gasteiger partial charge >= 0.3 is 29.6 Å². The second-order valence-electron chi connectivity index (χ2n) is 7.64. The van der Waals surface area contributed by atoms with Gasteiger partial charge < -0.3 is 42.9 Å². The smallest absolute Gasteiger partial charge is 1.00 e. The third-order valence-electron chi connectivity index (χ3n) is 5.17. The molecule has 2 aromatic heterocycles. The van der Waals surface area contributed by atoms with Gasteiger partial charge in [0.1, 0.15) is 0 Å². The number of rotatable bonds is 4. The fraction of sp³-hybridized carbons (Fsp3) is 0.583. The van der Waals surface area contributed by atoms with E-state index in [0.717, 1.165) is 50.7 Å². The predicted octanol–water partition coefficient (Wildman–Crippen LogP) is -4.13. The van der Waals surface area contributed by atoms with Crippen molar-refractivity contribution < 1.29 is 72.5 Å². The van der Waals surface area contributed by atoms with Crippen molar-refractivity contribution in [2.45, 2.75) is 13.1 Å². The van der Waals surface area contributed by atoms with Crippen molar-refractivity contribution in [2.75, 3.05) is 79.0 Å². The van der Waals surface area contributed by atoms with Crippen LogP contribution in [0.25, 0.3) is 0 Å². The molecular formula is C24H36IN4NaO4. The van der Waals surface area contributed by atoms with E-state index in [1.807, 2.05) is 48.8 Å². The molecule has 0 radical (unpaired) electrons. The van der Waals surface area contributed by atoms with E-state index in [1.165, 1.54) is 0 Å². The van der Waals surface area contributed by atoms with E-state index in [9.17, 15) is 0 Å². The first-order chi connectivity index (χ1) is 15.9. The minimum absolute atomic E-state index is 0. The molecule has 0 spiro atoms. The van der Waals surface area contributed by atoms with Gasteiger partial charge in [-0.1, -0.05) is 12.1 Å². The van der Waals surface area contributed by atoms with Gasteiger partial charge in [0.05, 0.1) is 64.2 Å². The van der Waals surface area contributed by atoms with E-state index in [0.29, 0.717) is 52.9 Å². The van der Waals surface area contributed by atoms with Crippen LogP contribution < -0.4 is 53.5 Å². The van der Waals surface area contributed by atoms with Crippen LogP contribution in [-0.2, 0) is 32.0 Å². The maximum Gasteiger partial charge on any atom is 1.00 e. The number of nitrogens with zero attached hydrogens (tertiary/aromatic N) is 4. The molecule has 2 aromatic rings. The van der Waals surface area contributed by atoms with E-state index in [-0.39, 0.29) is 53.5 Å². The predicted molar refractivity (Wildman–Crippen MR) is 122 cm³/mol. The standard InChI is InChI=1S/C24H36N4O4.HI.Na/c1-3-7-25-23(5-1)21-27-9-13-29-17-19-31-15-11-28(22-24-6-2-4-8-26-24)12-16-32-20-18-30-14-10-27;;/h1-8H,9-22H2;1H;/q;;+1/p-1. The Morgan fingerprint density at radius 3 is 1.21 bits per heavy atom. The molecule has 1 fully saturated rings. The van der Waals surface area contributed by atoms with E-state index in [1.54, 1.807) is 0 Å². The summed E-state index contributed by atoms with van der Waals surface area (Å²) in [5, 5.41) is 0. The Labute approximate surface area is 243 Å². The molecule has 3 heterocycles. The molecule has 0 aromatic carbocycles. The van der Waals surface area contributed by atoms with E-state index >= 15 is 0 Å². The molecule has 0 unspecified atom stereocenters. The third kappa shape index (κ3) is 14.4. The number of hydrogen-bond donors (Lipinski definition) is 0. The maximum atomic E-state index is 5.80. The topological polar surface area (TPSA) is 69.2 Å². The fourth-order valence-electron chi connectivity index (χ4n) is 3.40. The van der Waals surface area contributed by atoms with Crippen molar-refractivity contribution in [2.24, 2.45) is 0 Å². The molecule has 0 N–H and O–H groups in total. The molecule has 0 aliphatic carbocycles. The maximum absolute atomic E-state index is 5.80. The zero-order valence-corrected chi connectivity index (χ0v) is 24.5. The van der Waals surface area contributed by atoms with Crippen molar-refractivity contribution in [3.8, 4) is 0 Å². The van der Waals surface area contributed by atoms with Gasteiger partial charge in [-0.15, -0.1) is 0 Å². The van der Waals surface area contributed by atoms with E-state index in [2.05, 4.69) is 19.8 Å². The van der Waals surface area contributed by atoms with Crippen molar-refractivity contribution in [3.05, 3.63) is 60.2 Å². The van der Waals surface area contributed by atoms with E-state index in [4.69, 9.17) is 18.9 Å². The molecule has 1 aliphatic heterocycles. The summed E-state index contributed by atoms with van der Waals surface area (Å²) in [5.74, 6) is 0. The summed E-state index contributed by atoms with van der Waals surface area (Å²) in [4.78, 5) is 13.5. The Balaban J connectivity index is 0.00000289. The summed E-state index contributed by atoms with van der Waals surface area (Å²) >= 11 is 0. The fourth-order valence-corrected chi connectivity index (χ4v) is 3.40. The van der Waals surface area contributed by atoms with Crippen LogP contribution in [-0.4, -0.2) is 98.8 Å². The third-order valence-corrected chi connectivity index (χ3v) is 5.17. The molecule has 8 nitrogen and oxygen atoms in total. The molecule has 0 bridgehead atoms. The number of halogens is 1. The van der Waals surface area contributed by atoms with Crippen molar-refractivity contribution in [1.82, 2.24) is 19.8 Å². The first-order valence-electron chi connectivity index (χ1n) is 11.5. The molecule has 0 saturated carbocycles. The molecule has 10 heteroatoms. The monoisotopic (exact) mass is 594 g/mol. The van der Waals surface area contributed by atoms with Crippen LogP contribution >= 0.6 is 0 Å². The van der Waals surface area contributed by atoms with Crippen LogP contribution in [0.2, 0.25) is 0 Å². The first-order valence-corrected chi connectivity index (χ1v) is 11.5. The molecule has 1 aliphatic rings. The second kappa shape index (κ2) is 20.9. The van der Waals surface area contributed by atoms with Crippen molar-refractivity contribution in [1.29, 1.82) is 0 Å². The van der Waals surface area contributed by atoms with Gasteiger partial charge in [0.15, 0.2) is 0 Å². The first kappa shape index (κ1) is 31.8. The second-order valence-corrected chi connectivity index (χ2v) is 7.64. The average Bonchev–Trinajstić information content (AvgIpc) is 2.82. The Bertz CT molecular complexity index is 639. The van der Waals surface area contributed by atoms with Crippen molar-refractivity contribution in [3.63, 3.8) is 0 Å². The van der Waals surface area contributed by atoms with Crippen LogP contribution in [0.15, 0.2) is 48.8 Å². The number of hydrogen-bond acceptors (Lipinski definition) is 8. The summed E-state index contributed by atoms with van der Waals surface area (Å²) in [6, 6.07) is 12.0. The number of pyridine rings is 2. The van der Waals surface area contributed by atoms with Crippen molar-refractivity contribution >= 4 is 0 Å².